The van der Waals surface area contributed by atoms with E-state index < -0.39 is 0 Å². The van der Waals surface area contributed by atoms with Gasteiger partial charge in [-0.3, -0.25) is 4.90 Å². The molecule has 0 radical (unpaired) electrons. The van der Waals surface area contributed by atoms with Gasteiger partial charge in [0.2, 0.25) is 0 Å². The van der Waals surface area contributed by atoms with E-state index >= 15 is 0 Å². The van der Waals surface area contributed by atoms with E-state index in [1.807, 2.05) is 0 Å². The minimum atomic E-state index is 0.896. The van der Waals surface area contributed by atoms with E-state index in [-0.39, 0.29) is 0 Å². The SMILES string of the molecule is CC(CNCCN1CCNCC1)C1CC1. The molecule has 1 aliphatic carbocycles. The fraction of sp³-hybridized carbons (Fsp3) is 1.00. The van der Waals surface area contributed by atoms with Gasteiger partial charge < -0.3 is 10.6 Å². The van der Waals surface area contributed by atoms with Crippen LogP contribution in [0.3, 0.4) is 0 Å². The van der Waals surface area contributed by atoms with Crippen LogP contribution in [0.5, 0.6) is 0 Å². The second-order valence-electron chi connectivity index (χ2n) is 5.11. The van der Waals surface area contributed by atoms with Crippen LogP contribution in [0.25, 0.3) is 0 Å². The molecule has 1 aliphatic heterocycles. The standard InChI is InChI=1S/C12H25N3/c1-11(12-2-3-12)10-14-6-9-15-7-4-13-5-8-15/h11-14H,2-10H2,1H3. The molecule has 1 heterocycles. The van der Waals surface area contributed by atoms with E-state index in [2.05, 4.69) is 22.5 Å². The zero-order valence-corrected chi connectivity index (χ0v) is 9.97. The van der Waals surface area contributed by atoms with Crippen LogP contribution in [-0.4, -0.2) is 50.7 Å². The highest BCUT2D eigenvalue weighted by molar-refractivity contribution is 4.80. The molecule has 1 saturated heterocycles. The Balaban J connectivity index is 1.46. The minimum Gasteiger partial charge on any atom is -0.315 e. The number of hydrogen-bond donors (Lipinski definition) is 2. The maximum Gasteiger partial charge on any atom is 0.0108 e. The smallest absolute Gasteiger partial charge is 0.0108 e. The maximum atomic E-state index is 3.59. The molecule has 0 aromatic heterocycles. The predicted molar refractivity (Wildman–Crippen MR) is 64.1 cm³/mol. The molecule has 2 rings (SSSR count). The van der Waals surface area contributed by atoms with E-state index in [0.717, 1.165) is 18.4 Å². The van der Waals surface area contributed by atoms with Gasteiger partial charge in [-0.05, 0) is 31.2 Å². The third-order valence-electron chi connectivity index (χ3n) is 3.71. The topological polar surface area (TPSA) is 27.3 Å². The lowest BCUT2D eigenvalue weighted by Gasteiger charge is -2.27. The molecule has 2 N–H and O–H groups in total. The Morgan fingerprint density at radius 2 is 2.07 bits per heavy atom. The fourth-order valence-corrected chi connectivity index (χ4v) is 2.33. The number of rotatable bonds is 6. The number of nitrogens with one attached hydrogen (secondary N) is 2. The Kier molecular flexibility index (Phi) is 4.42. The van der Waals surface area contributed by atoms with Gasteiger partial charge in [-0.2, -0.15) is 0 Å². The lowest BCUT2D eigenvalue weighted by molar-refractivity contribution is 0.239. The highest BCUT2D eigenvalue weighted by atomic mass is 15.2. The van der Waals surface area contributed by atoms with Gasteiger partial charge in [0.25, 0.3) is 0 Å². The molecular weight excluding hydrogens is 186 g/mol. The van der Waals surface area contributed by atoms with Crippen LogP contribution in [-0.2, 0) is 0 Å². The summed E-state index contributed by atoms with van der Waals surface area (Å²) in [4.78, 5) is 2.55. The molecule has 0 aromatic carbocycles. The summed E-state index contributed by atoms with van der Waals surface area (Å²) in [5.41, 5.74) is 0. The van der Waals surface area contributed by atoms with Gasteiger partial charge in [-0.1, -0.05) is 6.92 Å². The number of piperazine rings is 1. The van der Waals surface area contributed by atoms with Crippen LogP contribution < -0.4 is 10.6 Å². The van der Waals surface area contributed by atoms with Crippen molar-refractivity contribution in [2.75, 3.05) is 45.8 Å². The minimum absolute atomic E-state index is 0.896. The van der Waals surface area contributed by atoms with Crippen LogP contribution in [0.1, 0.15) is 19.8 Å². The highest BCUT2D eigenvalue weighted by Gasteiger charge is 2.27. The zero-order valence-electron chi connectivity index (χ0n) is 9.97. The van der Waals surface area contributed by atoms with Crippen molar-refractivity contribution in [3.8, 4) is 0 Å². The molecule has 1 saturated carbocycles. The van der Waals surface area contributed by atoms with Crippen molar-refractivity contribution in [3.63, 3.8) is 0 Å². The van der Waals surface area contributed by atoms with Gasteiger partial charge >= 0.3 is 0 Å². The Morgan fingerprint density at radius 3 is 2.73 bits per heavy atom. The molecule has 88 valence electrons. The molecule has 0 bridgehead atoms. The van der Waals surface area contributed by atoms with Crippen molar-refractivity contribution in [3.05, 3.63) is 0 Å². The van der Waals surface area contributed by atoms with Gasteiger partial charge in [0.1, 0.15) is 0 Å². The maximum absolute atomic E-state index is 3.59. The summed E-state index contributed by atoms with van der Waals surface area (Å²) in [6, 6.07) is 0. The first-order chi connectivity index (χ1) is 7.36. The first kappa shape index (κ1) is 11.4. The van der Waals surface area contributed by atoms with Gasteiger partial charge in [-0.25, -0.2) is 0 Å². The molecule has 1 unspecified atom stereocenters. The Hall–Kier alpha value is -0.120. The van der Waals surface area contributed by atoms with E-state index in [9.17, 15) is 0 Å². The summed E-state index contributed by atoms with van der Waals surface area (Å²) in [5, 5.41) is 6.98. The van der Waals surface area contributed by atoms with Gasteiger partial charge in [0.15, 0.2) is 0 Å². The van der Waals surface area contributed by atoms with Crippen LogP contribution in [0.2, 0.25) is 0 Å². The third kappa shape index (κ3) is 4.09. The summed E-state index contributed by atoms with van der Waals surface area (Å²) < 4.78 is 0. The van der Waals surface area contributed by atoms with Crippen LogP contribution in [0, 0.1) is 11.8 Å². The quantitative estimate of drug-likeness (QED) is 0.628. The molecule has 3 heteroatoms. The molecule has 0 aromatic rings. The van der Waals surface area contributed by atoms with Gasteiger partial charge in [-0.15, -0.1) is 0 Å². The molecule has 3 nitrogen and oxygen atoms in total. The largest absolute Gasteiger partial charge is 0.315 e. The lowest BCUT2D eigenvalue weighted by Crippen LogP contribution is -2.46. The predicted octanol–water partition coefficient (Wildman–Crippen LogP) is 0.527. The monoisotopic (exact) mass is 211 g/mol. The van der Waals surface area contributed by atoms with E-state index in [0.29, 0.717) is 0 Å². The average Bonchev–Trinajstić information content (AvgIpc) is 3.09. The summed E-state index contributed by atoms with van der Waals surface area (Å²) in [5.74, 6) is 1.93. The highest BCUT2D eigenvalue weighted by Crippen LogP contribution is 2.35. The van der Waals surface area contributed by atoms with E-state index in [1.54, 1.807) is 0 Å². The van der Waals surface area contributed by atoms with Crippen molar-refractivity contribution >= 4 is 0 Å². The lowest BCUT2D eigenvalue weighted by atomic mass is 10.1. The van der Waals surface area contributed by atoms with Crippen molar-refractivity contribution in [1.29, 1.82) is 0 Å². The Morgan fingerprint density at radius 1 is 1.33 bits per heavy atom. The van der Waals surface area contributed by atoms with Crippen LogP contribution in [0.4, 0.5) is 0 Å². The molecule has 2 aliphatic rings. The van der Waals surface area contributed by atoms with E-state index in [4.69, 9.17) is 0 Å². The summed E-state index contributed by atoms with van der Waals surface area (Å²) in [6.07, 6.45) is 2.95. The molecule has 2 fully saturated rings. The summed E-state index contributed by atoms with van der Waals surface area (Å²) in [7, 11) is 0. The molecule has 0 amide bonds. The second kappa shape index (κ2) is 5.83. The van der Waals surface area contributed by atoms with Gasteiger partial charge in [0, 0.05) is 39.3 Å². The summed E-state index contributed by atoms with van der Waals surface area (Å²) in [6.45, 7) is 10.8. The van der Waals surface area contributed by atoms with Crippen molar-refractivity contribution < 1.29 is 0 Å². The van der Waals surface area contributed by atoms with Crippen LogP contribution in [0.15, 0.2) is 0 Å². The molecular formula is C12H25N3. The average molecular weight is 211 g/mol. The zero-order chi connectivity index (χ0) is 10.5. The number of hydrogen-bond acceptors (Lipinski definition) is 3. The Bertz CT molecular complexity index is 174. The first-order valence-electron chi connectivity index (χ1n) is 6.50. The van der Waals surface area contributed by atoms with Crippen molar-refractivity contribution in [2.45, 2.75) is 19.8 Å². The molecule has 0 spiro atoms. The number of nitrogens with zero attached hydrogens (tertiary/aromatic N) is 1. The molecule has 15 heavy (non-hydrogen) atoms. The normalized spacial score (nSPS) is 25.4. The van der Waals surface area contributed by atoms with Crippen molar-refractivity contribution in [1.82, 2.24) is 15.5 Å². The van der Waals surface area contributed by atoms with Gasteiger partial charge in [0.05, 0.1) is 0 Å². The van der Waals surface area contributed by atoms with Crippen molar-refractivity contribution in [2.24, 2.45) is 11.8 Å². The molecule has 1 atom stereocenters. The first-order valence-corrected chi connectivity index (χ1v) is 6.50. The Labute approximate surface area is 93.6 Å². The fourth-order valence-electron chi connectivity index (χ4n) is 2.33. The van der Waals surface area contributed by atoms with E-state index in [1.165, 1.54) is 52.1 Å². The van der Waals surface area contributed by atoms with Crippen LogP contribution >= 0.6 is 0 Å². The summed E-state index contributed by atoms with van der Waals surface area (Å²) >= 11 is 0. The third-order valence-corrected chi connectivity index (χ3v) is 3.71. The second-order valence-corrected chi connectivity index (χ2v) is 5.11.